The Morgan fingerprint density at radius 3 is 2.52 bits per heavy atom. The second-order valence-corrected chi connectivity index (χ2v) is 5.10. The molecule has 0 radical (unpaired) electrons. The molecule has 1 aromatic heterocycles. The van der Waals surface area contributed by atoms with E-state index in [1.165, 1.54) is 30.3 Å². The van der Waals surface area contributed by atoms with Crippen LogP contribution in [0, 0.1) is 17.5 Å². The van der Waals surface area contributed by atoms with Gasteiger partial charge in [-0.1, -0.05) is 11.6 Å². The highest BCUT2D eigenvalue weighted by Gasteiger charge is 2.14. The molecule has 0 atom stereocenters. The van der Waals surface area contributed by atoms with Gasteiger partial charge in [-0.2, -0.15) is 0 Å². The number of amides is 1. The van der Waals surface area contributed by atoms with Crippen LogP contribution in [0.15, 0.2) is 42.5 Å². The van der Waals surface area contributed by atoms with Crippen LogP contribution < -0.4 is 5.32 Å². The van der Waals surface area contributed by atoms with Crippen molar-refractivity contribution < 1.29 is 18.0 Å². The number of hydrogen-bond donors (Lipinski definition) is 1. The Labute approximate surface area is 133 Å². The molecule has 23 heavy (non-hydrogen) atoms. The maximum atomic E-state index is 13.2. The first-order valence-corrected chi connectivity index (χ1v) is 6.84. The number of aromatic nitrogens is 1. The third kappa shape index (κ3) is 3.12. The van der Waals surface area contributed by atoms with E-state index in [1.54, 1.807) is 0 Å². The Morgan fingerprint density at radius 1 is 1.00 bits per heavy atom. The molecule has 0 bridgehead atoms. The number of pyridine rings is 1. The monoisotopic (exact) mass is 336 g/mol. The summed E-state index contributed by atoms with van der Waals surface area (Å²) in [4.78, 5) is 16.2. The predicted octanol–water partition coefficient (Wildman–Crippen LogP) is 4.56. The van der Waals surface area contributed by atoms with E-state index in [0.29, 0.717) is 10.9 Å². The van der Waals surface area contributed by atoms with E-state index >= 15 is 0 Å². The lowest BCUT2D eigenvalue weighted by molar-refractivity contribution is 0.102. The number of nitrogens with one attached hydrogen (secondary N) is 1. The summed E-state index contributed by atoms with van der Waals surface area (Å²) in [5, 5.41) is 2.80. The van der Waals surface area contributed by atoms with Crippen LogP contribution in [0.5, 0.6) is 0 Å². The number of anilines is 1. The van der Waals surface area contributed by atoms with Crippen LogP contribution in [0.4, 0.5) is 18.9 Å². The summed E-state index contributed by atoms with van der Waals surface area (Å²) in [5.74, 6) is -3.21. The zero-order valence-electron chi connectivity index (χ0n) is 11.4. The number of halogens is 4. The third-order valence-corrected chi connectivity index (χ3v) is 3.44. The van der Waals surface area contributed by atoms with Crippen LogP contribution >= 0.6 is 11.6 Å². The topological polar surface area (TPSA) is 42.0 Å². The van der Waals surface area contributed by atoms with E-state index in [-0.39, 0.29) is 16.4 Å². The lowest BCUT2D eigenvalue weighted by atomic mass is 10.1. The molecular weight excluding hydrogens is 329 g/mol. The molecule has 0 saturated heterocycles. The Balaban J connectivity index is 1.95. The highest BCUT2D eigenvalue weighted by Crippen LogP contribution is 2.23. The second kappa shape index (κ2) is 5.89. The first-order chi connectivity index (χ1) is 10.9. The van der Waals surface area contributed by atoms with E-state index < -0.39 is 23.4 Å². The van der Waals surface area contributed by atoms with Crippen molar-refractivity contribution in [1.29, 1.82) is 0 Å². The van der Waals surface area contributed by atoms with Gasteiger partial charge >= 0.3 is 0 Å². The third-order valence-electron chi connectivity index (χ3n) is 3.16. The van der Waals surface area contributed by atoms with Crippen LogP contribution in [0.25, 0.3) is 10.9 Å². The number of benzene rings is 2. The molecule has 0 saturated carbocycles. The fourth-order valence-corrected chi connectivity index (χ4v) is 2.28. The zero-order chi connectivity index (χ0) is 16.6. The maximum Gasteiger partial charge on any atom is 0.258 e. The van der Waals surface area contributed by atoms with Gasteiger partial charge in [0.15, 0.2) is 11.6 Å². The van der Waals surface area contributed by atoms with Crippen molar-refractivity contribution in [2.75, 3.05) is 5.32 Å². The molecule has 2 aromatic carbocycles. The standard InChI is InChI=1S/C16H8ClF3N2O/c17-15-11(5-8-1-2-9(18)6-14(8)22-15)16(23)21-10-3-4-12(19)13(20)7-10/h1-7H,(H,21,23). The molecule has 3 rings (SSSR count). The summed E-state index contributed by atoms with van der Waals surface area (Å²) in [6.45, 7) is 0. The molecule has 0 spiro atoms. The summed E-state index contributed by atoms with van der Waals surface area (Å²) in [5.41, 5.74) is 0.416. The van der Waals surface area contributed by atoms with Crippen LogP contribution in [-0.4, -0.2) is 10.9 Å². The average molecular weight is 337 g/mol. The average Bonchev–Trinajstić information content (AvgIpc) is 2.50. The van der Waals surface area contributed by atoms with Gasteiger partial charge in [0.2, 0.25) is 0 Å². The minimum absolute atomic E-state index is 0.0375. The Kier molecular flexibility index (Phi) is 3.92. The summed E-state index contributed by atoms with van der Waals surface area (Å²) < 4.78 is 39.2. The summed E-state index contributed by atoms with van der Waals surface area (Å²) in [6.07, 6.45) is 0. The molecule has 116 valence electrons. The van der Waals surface area contributed by atoms with Crippen LogP contribution in [0.2, 0.25) is 5.15 Å². The minimum Gasteiger partial charge on any atom is -0.322 e. The van der Waals surface area contributed by atoms with Crippen molar-refractivity contribution in [3.05, 3.63) is 70.6 Å². The quantitative estimate of drug-likeness (QED) is 0.697. The van der Waals surface area contributed by atoms with E-state index in [9.17, 15) is 18.0 Å². The van der Waals surface area contributed by atoms with Gasteiger partial charge in [-0.05, 0) is 30.3 Å². The molecule has 1 amide bonds. The number of carbonyl (C=O) groups is 1. The van der Waals surface area contributed by atoms with Gasteiger partial charge < -0.3 is 5.32 Å². The first kappa shape index (κ1) is 15.3. The van der Waals surface area contributed by atoms with Crippen molar-refractivity contribution in [2.24, 2.45) is 0 Å². The lowest BCUT2D eigenvalue weighted by Gasteiger charge is -2.08. The molecule has 0 aliphatic heterocycles. The molecule has 0 aliphatic rings. The predicted molar refractivity (Wildman–Crippen MR) is 81.0 cm³/mol. The van der Waals surface area contributed by atoms with Gasteiger partial charge in [0.05, 0.1) is 11.1 Å². The van der Waals surface area contributed by atoms with Crippen molar-refractivity contribution in [1.82, 2.24) is 4.98 Å². The summed E-state index contributed by atoms with van der Waals surface area (Å²) in [7, 11) is 0. The van der Waals surface area contributed by atoms with Gasteiger partial charge in [0.25, 0.3) is 5.91 Å². The Hall–Kier alpha value is -2.60. The van der Waals surface area contributed by atoms with Gasteiger partial charge in [-0.15, -0.1) is 0 Å². The fraction of sp³-hybridized carbons (Fsp3) is 0. The molecule has 0 fully saturated rings. The molecule has 3 nitrogen and oxygen atoms in total. The van der Waals surface area contributed by atoms with Gasteiger partial charge in [0, 0.05) is 23.2 Å². The molecule has 0 aliphatic carbocycles. The highest BCUT2D eigenvalue weighted by atomic mass is 35.5. The van der Waals surface area contributed by atoms with E-state index in [1.807, 2.05) is 0 Å². The number of fused-ring (bicyclic) bond motifs is 1. The van der Waals surface area contributed by atoms with Crippen molar-refractivity contribution in [3.8, 4) is 0 Å². The molecule has 0 unspecified atom stereocenters. The highest BCUT2D eigenvalue weighted by molar-refractivity contribution is 6.33. The van der Waals surface area contributed by atoms with E-state index in [2.05, 4.69) is 10.3 Å². The van der Waals surface area contributed by atoms with E-state index in [4.69, 9.17) is 11.6 Å². The Morgan fingerprint density at radius 2 is 1.78 bits per heavy atom. The van der Waals surface area contributed by atoms with Crippen molar-refractivity contribution in [2.45, 2.75) is 0 Å². The van der Waals surface area contributed by atoms with Crippen LogP contribution in [-0.2, 0) is 0 Å². The van der Waals surface area contributed by atoms with Gasteiger partial charge in [-0.25, -0.2) is 18.2 Å². The summed E-state index contributed by atoms with van der Waals surface area (Å²) in [6, 6.07) is 8.29. The zero-order valence-corrected chi connectivity index (χ0v) is 12.2. The van der Waals surface area contributed by atoms with Crippen molar-refractivity contribution >= 4 is 34.1 Å². The maximum absolute atomic E-state index is 13.2. The van der Waals surface area contributed by atoms with Gasteiger partial charge in [0.1, 0.15) is 11.0 Å². The lowest BCUT2D eigenvalue weighted by Crippen LogP contribution is -2.13. The summed E-state index contributed by atoms with van der Waals surface area (Å²) >= 11 is 5.94. The number of carbonyl (C=O) groups excluding carboxylic acids is 1. The largest absolute Gasteiger partial charge is 0.322 e. The molecule has 1 heterocycles. The van der Waals surface area contributed by atoms with E-state index in [0.717, 1.165) is 12.1 Å². The Bertz CT molecular complexity index is 931. The van der Waals surface area contributed by atoms with Crippen LogP contribution in [0.1, 0.15) is 10.4 Å². The molecule has 3 aromatic rings. The number of hydrogen-bond acceptors (Lipinski definition) is 2. The first-order valence-electron chi connectivity index (χ1n) is 6.46. The normalized spacial score (nSPS) is 10.8. The molecular formula is C16H8ClF3N2O. The van der Waals surface area contributed by atoms with Crippen LogP contribution in [0.3, 0.4) is 0 Å². The molecule has 7 heteroatoms. The fourth-order valence-electron chi connectivity index (χ4n) is 2.05. The SMILES string of the molecule is O=C(Nc1ccc(F)c(F)c1)c1cc2ccc(F)cc2nc1Cl. The second-order valence-electron chi connectivity index (χ2n) is 4.75. The molecule has 1 N–H and O–H groups in total. The minimum atomic E-state index is -1.08. The van der Waals surface area contributed by atoms with Crippen molar-refractivity contribution in [3.63, 3.8) is 0 Å². The van der Waals surface area contributed by atoms with Gasteiger partial charge in [-0.3, -0.25) is 4.79 Å². The number of rotatable bonds is 2. The smallest absolute Gasteiger partial charge is 0.258 e. The number of nitrogens with zero attached hydrogens (tertiary/aromatic N) is 1.